The van der Waals surface area contributed by atoms with Crippen LogP contribution in [0.5, 0.6) is 5.75 Å². The summed E-state index contributed by atoms with van der Waals surface area (Å²) in [7, 11) is 1.64. The molecule has 2 rings (SSSR count). The molecule has 15 heavy (non-hydrogen) atoms. The average molecular weight is 222 g/mol. The van der Waals surface area contributed by atoms with E-state index in [2.05, 4.69) is 13.8 Å². The maximum absolute atomic E-state index is 11.8. The molecule has 0 saturated carbocycles. The van der Waals surface area contributed by atoms with Gasteiger partial charge in [-0.05, 0) is 32.0 Å². The molecular weight excluding hydrogens is 208 g/mol. The van der Waals surface area contributed by atoms with Crippen LogP contribution >= 0.6 is 11.8 Å². The summed E-state index contributed by atoms with van der Waals surface area (Å²) in [5.41, 5.74) is 0.833. The van der Waals surface area contributed by atoms with Gasteiger partial charge in [-0.2, -0.15) is 0 Å². The van der Waals surface area contributed by atoms with Crippen molar-refractivity contribution in [3.8, 4) is 5.75 Å². The Kier molecular flexibility index (Phi) is 2.51. The molecule has 0 bridgehead atoms. The number of carbonyl (C=O) groups excluding carboxylic acids is 1. The second-order valence-corrected chi connectivity index (χ2v) is 6.07. The molecule has 1 aromatic carbocycles. The highest BCUT2D eigenvalue weighted by atomic mass is 32.2. The van der Waals surface area contributed by atoms with Crippen molar-refractivity contribution in [1.82, 2.24) is 0 Å². The van der Waals surface area contributed by atoms with Crippen LogP contribution in [0.3, 0.4) is 0 Å². The van der Waals surface area contributed by atoms with Crippen LogP contribution in [0.25, 0.3) is 0 Å². The van der Waals surface area contributed by atoms with Gasteiger partial charge >= 0.3 is 0 Å². The lowest BCUT2D eigenvalue weighted by molar-refractivity contribution is 0.0967. The second kappa shape index (κ2) is 3.56. The zero-order valence-corrected chi connectivity index (χ0v) is 9.98. The van der Waals surface area contributed by atoms with Crippen LogP contribution in [0.2, 0.25) is 0 Å². The van der Waals surface area contributed by atoms with Gasteiger partial charge in [-0.1, -0.05) is 0 Å². The third-order valence-electron chi connectivity index (χ3n) is 2.46. The number of fused-ring (bicyclic) bond motifs is 1. The number of rotatable bonds is 1. The molecule has 0 atom stereocenters. The minimum Gasteiger partial charge on any atom is -0.497 e. The first kappa shape index (κ1) is 10.6. The normalized spacial score (nSPS) is 18.5. The lowest BCUT2D eigenvalue weighted by Gasteiger charge is -2.29. The van der Waals surface area contributed by atoms with E-state index in [-0.39, 0.29) is 10.5 Å². The van der Waals surface area contributed by atoms with E-state index in [9.17, 15) is 4.79 Å². The number of ether oxygens (including phenoxy) is 1. The summed E-state index contributed by atoms with van der Waals surface area (Å²) >= 11 is 1.75. The van der Waals surface area contributed by atoms with Crippen molar-refractivity contribution in [3.63, 3.8) is 0 Å². The molecule has 0 aromatic heterocycles. The number of carbonyl (C=O) groups is 1. The first-order valence-corrected chi connectivity index (χ1v) is 5.74. The van der Waals surface area contributed by atoms with Gasteiger partial charge < -0.3 is 4.74 Å². The first-order valence-electron chi connectivity index (χ1n) is 4.92. The number of thioether (sulfide) groups is 1. The second-order valence-electron chi connectivity index (χ2n) is 4.32. The molecule has 0 amide bonds. The number of ketones is 1. The van der Waals surface area contributed by atoms with Gasteiger partial charge in [0.1, 0.15) is 5.75 Å². The summed E-state index contributed by atoms with van der Waals surface area (Å²) in [6, 6.07) is 5.65. The maximum Gasteiger partial charge on any atom is 0.165 e. The summed E-state index contributed by atoms with van der Waals surface area (Å²) in [5, 5.41) is 0. The molecule has 0 unspecified atom stereocenters. The zero-order valence-electron chi connectivity index (χ0n) is 9.16. The standard InChI is InChI=1S/C12H14O2S/c1-12(2)7-10(13)9-5-4-8(14-3)6-11(9)15-12/h4-6H,7H2,1-3H3. The van der Waals surface area contributed by atoms with Gasteiger partial charge in [-0.3, -0.25) is 4.79 Å². The molecule has 1 aliphatic rings. The molecule has 2 nitrogen and oxygen atoms in total. The van der Waals surface area contributed by atoms with Gasteiger partial charge in [0, 0.05) is 21.6 Å². The third kappa shape index (κ3) is 2.02. The summed E-state index contributed by atoms with van der Waals surface area (Å²) in [6.45, 7) is 4.19. The Hall–Kier alpha value is -0.960. The fourth-order valence-electron chi connectivity index (χ4n) is 1.76. The van der Waals surface area contributed by atoms with Gasteiger partial charge in [0.05, 0.1) is 7.11 Å². The Balaban J connectivity index is 2.46. The van der Waals surface area contributed by atoms with Gasteiger partial charge in [-0.15, -0.1) is 11.8 Å². The van der Waals surface area contributed by atoms with Crippen LogP contribution in [-0.2, 0) is 0 Å². The molecule has 1 aliphatic heterocycles. The topological polar surface area (TPSA) is 26.3 Å². The third-order valence-corrected chi connectivity index (χ3v) is 3.72. The SMILES string of the molecule is COc1ccc2c(c1)SC(C)(C)CC2=O. The van der Waals surface area contributed by atoms with Crippen LogP contribution in [-0.4, -0.2) is 17.6 Å². The largest absolute Gasteiger partial charge is 0.497 e. The minimum atomic E-state index is -0.00352. The molecular formula is C12H14O2S. The van der Waals surface area contributed by atoms with E-state index in [1.54, 1.807) is 18.9 Å². The summed E-state index contributed by atoms with van der Waals surface area (Å²) in [4.78, 5) is 12.9. The van der Waals surface area contributed by atoms with Crippen molar-refractivity contribution in [2.75, 3.05) is 7.11 Å². The van der Waals surface area contributed by atoms with E-state index in [4.69, 9.17) is 4.74 Å². The van der Waals surface area contributed by atoms with Gasteiger partial charge in [0.25, 0.3) is 0 Å². The van der Waals surface area contributed by atoms with Crippen molar-refractivity contribution in [2.45, 2.75) is 29.9 Å². The molecule has 1 heterocycles. The monoisotopic (exact) mass is 222 g/mol. The Labute approximate surface area is 94.0 Å². The zero-order chi connectivity index (χ0) is 11.1. The predicted octanol–water partition coefficient (Wildman–Crippen LogP) is 3.15. The van der Waals surface area contributed by atoms with Crippen LogP contribution < -0.4 is 4.74 Å². The quantitative estimate of drug-likeness (QED) is 0.730. The van der Waals surface area contributed by atoms with E-state index in [1.165, 1.54) is 0 Å². The lowest BCUT2D eigenvalue weighted by atomic mass is 9.99. The lowest BCUT2D eigenvalue weighted by Crippen LogP contribution is -2.25. The van der Waals surface area contributed by atoms with Crippen LogP contribution in [0, 0.1) is 0 Å². The van der Waals surface area contributed by atoms with Crippen molar-refractivity contribution in [3.05, 3.63) is 23.8 Å². The molecule has 3 heteroatoms. The van der Waals surface area contributed by atoms with Gasteiger partial charge in [-0.25, -0.2) is 0 Å². The summed E-state index contributed by atoms with van der Waals surface area (Å²) < 4.78 is 5.16. The fraction of sp³-hybridized carbons (Fsp3) is 0.417. The number of Topliss-reactive ketones (excluding diaryl/α,β-unsaturated/α-hetero) is 1. The smallest absolute Gasteiger partial charge is 0.165 e. The molecule has 1 aromatic rings. The number of hydrogen-bond acceptors (Lipinski definition) is 3. The Morgan fingerprint density at radius 2 is 2.13 bits per heavy atom. The molecule has 0 aliphatic carbocycles. The molecule has 0 N–H and O–H groups in total. The predicted molar refractivity (Wildman–Crippen MR) is 61.9 cm³/mol. The van der Waals surface area contributed by atoms with E-state index < -0.39 is 0 Å². The summed E-state index contributed by atoms with van der Waals surface area (Å²) in [5.74, 6) is 1.04. The first-order chi connectivity index (χ1) is 7.02. The fourth-order valence-corrected chi connectivity index (χ4v) is 3.03. The Bertz CT molecular complexity index is 410. The Morgan fingerprint density at radius 3 is 2.80 bits per heavy atom. The van der Waals surface area contributed by atoms with Crippen LogP contribution in [0.4, 0.5) is 0 Å². The highest BCUT2D eigenvalue weighted by Gasteiger charge is 2.31. The molecule has 80 valence electrons. The number of hydrogen-bond donors (Lipinski definition) is 0. The molecule has 0 saturated heterocycles. The van der Waals surface area contributed by atoms with Crippen molar-refractivity contribution in [2.24, 2.45) is 0 Å². The highest BCUT2D eigenvalue weighted by molar-refractivity contribution is 8.00. The van der Waals surface area contributed by atoms with Crippen LogP contribution in [0.1, 0.15) is 30.6 Å². The number of methoxy groups -OCH3 is 1. The van der Waals surface area contributed by atoms with Crippen molar-refractivity contribution in [1.29, 1.82) is 0 Å². The van der Waals surface area contributed by atoms with Crippen molar-refractivity contribution < 1.29 is 9.53 Å². The van der Waals surface area contributed by atoms with Crippen LogP contribution in [0.15, 0.2) is 23.1 Å². The number of benzene rings is 1. The van der Waals surface area contributed by atoms with E-state index >= 15 is 0 Å². The maximum atomic E-state index is 11.8. The average Bonchev–Trinajstić information content (AvgIpc) is 2.14. The van der Waals surface area contributed by atoms with Crippen molar-refractivity contribution >= 4 is 17.5 Å². The van der Waals surface area contributed by atoms with E-state index in [1.807, 2.05) is 18.2 Å². The molecule has 0 radical (unpaired) electrons. The molecule has 0 fully saturated rings. The minimum absolute atomic E-state index is 0.00352. The Morgan fingerprint density at radius 1 is 1.40 bits per heavy atom. The highest BCUT2D eigenvalue weighted by Crippen LogP contribution is 2.43. The van der Waals surface area contributed by atoms with Gasteiger partial charge in [0.2, 0.25) is 0 Å². The molecule has 0 spiro atoms. The summed E-state index contributed by atoms with van der Waals surface area (Å²) in [6.07, 6.45) is 0.608. The van der Waals surface area contributed by atoms with E-state index in [0.717, 1.165) is 16.2 Å². The van der Waals surface area contributed by atoms with Gasteiger partial charge in [0.15, 0.2) is 5.78 Å². The van der Waals surface area contributed by atoms with E-state index in [0.29, 0.717) is 6.42 Å².